The Bertz CT molecular complexity index is 797. The molecule has 0 bridgehead atoms. The summed E-state index contributed by atoms with van der Waals surface area (Å²) >= 11 is 0. The van der Waals surface area contributed by atoms with Crippen LogP contribution < -0.4 is 10.6 Å². The molecule has 3 aromatic heterocycles. The first-order valence-electron chi connectivity index (χ1n) is 8.02. The summed E-state index contributed by atoms with van der Waals surface area (Å²) in [6, 6.07) is 8.58. The van der Waals surface area contributed by atoms with Crippen LogP contribution in [-0.2, 0) is 0 Å². The molecule has 1 fully saturated rings. The summed E-state index contributed by atoms with van der Waals surface area (Å²) in [4.78, 5) is 13.2. The number of hydrogen-bond donors (Lipinski definition) is 2. The third kappa shape index (κ3) is 3.00. The molecule has 0 aromatic carbocycles. The lowest BCUT2D eigenvalue weighted by Crippen LogP contribution is -2.29. The highest BCUT2D eigenvalue weighted by Crippen LogP contribution is 2.27. The van der Waals surface area contributed by atoms with Crippen molar-refractivity contribution in [2.75, 3.05) is 18.4 Å². The lowest BCUT2D eigenvalue weighted by atomic mass is 10.1. The largest absolute Gasteiger partial charge is 0.368 e. The molecule has 1 saturated heterocycles. The van der Waals surface area contributed by atoms with Crippen LogP contribution >= 0.6 is 0 Å². The highest BCUT2D eigenvalue weighted by atomic mass is 15.0. The van der Waals surface area contributed by atoms with Gasteiger partial charge in [0.2, 0.25) is 0 Å². The second kappa shape index (κ2) is 6.30. The minimum Gasteiger partial charge on any atom is -0.368 e. The standard InChI is InChI=1S/C18H19N5/c1-2-15(21-6-1)12-22-18-16-5-9-20-11-14(16)10-17(23-18)13-3-7-19-8-4-13/h3-5,7-11,15,21H,1-2,6,12H2,(H,22,23). The van der Waals surface area contributed by atoms with Gasteiger partial charge in [-0.3, -0.25) is 9.97 Å². The van der Waals surface area contributed by atoms with Crippen molar-refractivity contribution in [2.45, 2.75) is 18.9 Å². The topological polar surface area (TPSA) is 62.7 Å². The average Bonchev–Trinajstić information content (AvgIpc) is 3.14. The normalized spacial score (nSPS) is 17.5. The molecule has 5 heteroatoms. The van der Waals surface area contributed by atoms with Crippen LogP contribution in [0.3, 0.4) is 0 Å². The van der Waals surface area contributed by atoms with Gasteiger partial charge in [-0.2, -0.15) is 0 Å². The van der Waals surface area contributed by atoms with Crippen molar-refractivity contribution in [3.05, 3.63) is 49.1 Å². The SMILES string of the molecule is c1cc(-c2cc3cnccc3c(NCC3CCCN3)n2)ccn1. The van der Waals surface area contributed by atoms with E-state index in [1.54, 1.807) is 12.4 Å². The van der Waals surface area contributed by atoms with Gasteiger partial charge in [0.25, 0.3) is 0 Å². The van der Waals surface area contributed by atoms with E-state index in [0.717, 1.165) is 40.9 Å². The number of aromatic nitrogens is 3. The van der Waals surface area contributed by atoms with Crippen molar-refractivity contribution >= 4 is 16.6 Å². The molecule has 4 rings (SSSR count). The Balaban J connectivity index is 1.71. The fourth-order valence-electron chi connectivity index (χ4n) is 3.05. The van der Waals surface area contributed by atoms with E-state index in [-0.39, 0.29) is 0 Å². The molecule has 5 nitrogen and oxygen atoms in total. The molecule has 0 aliphatic carbocycles. The maximum Gasteiger partial charge on any atom is 0.134 e. The van der Waals surface area contributed by atoms with Crippen LogP contribution in [0.1, 0.15) is 12.8 Å². The Morgan fingerprint density at radius 1 is 1.13 bits per heavy atom. The number of anilines is 1. The molecule has 0 amide bonds. The molecule has 1 aliphatic heterocycles. The molecule has 116 valence electrons. The van der Waals surface area contributed by atoms with Crippen molar-refractivity contribution in [3.8, 4) is 11.3 Å². The van der Waals surface area contributed by atoms with Crippen molar-refractivity contribution in [1.29, 1.82) is 0 Å². The van der Waals surface area contributed by atoms with Crippen LogP contribution in [0.5, 0.6) is 0 Å². The van der Waals surface area contributed by atoms with Gasteiger partial charge in [-0.15, -0.1) is 0 Å². The second-order valence-corrected chi connectivity index (χ2v) is 5.86. The van der Waals surface area contributed by atoms with Crippen LogP contribution in [0, 0.1) is 0 Å². The van der Waals surface area contributed by atoms with Crippen LogP contribution in [0.4, 0.5) is 5.82 Å². The van der Waals surface area contributed by atoms with Gasteiger partial charge in [0.1, 0.15) is 5.82 Å². The van der Waals surface area contributed by atoms with Gasteiger partial charge in [0.15, 0.2) is 0 Å². The number of fused-ring (bicyclic) bond motifs is 1. The molecule has 23 heavy (non-hydrogen) atoms. The number of pyridine rings is 3. The minimum atomic E-state index is 0.526. The van der Waals surface area contributed by atoms with Gasteiger partial charge in [-0.25, -0.2) is 4.98 Å². The van der Waals surface area contributed by atoms with Gasteiger partial charge in [0.05, 0.1) is 5.69 Å². The van der Waals surface area contributed by atoms with Crippen LogP contribution in [0.15, 0.2) is 49.1 Å². The first-order chi connectivity index (χ1) is 11.4. The third-order valence-corrected chi connectivity index (χ3v) is 4.29. The van der Waals surface area contributed by atoms with E-state index in [9.17, 15) is 0 Å². The summed E-state index contributed by atoms with van der Waals surface area (Å²) in [5.74, 6) is 0.922. The van der Waals surface area contributed by atoms with Gasteiger partial charge < -0.3 is 10.6 Å². The third-order valence-electron chi connectivity index (χ3n) is 4.29. The summed E-state index contributed by atoms with van der Waals surface area (Å²) in [6.07, 6.45) is 9.76. The molecule has 1 aliphatic rings. The minimum absolute atomic E-state index is 0.526. The Kier molecular flexibility index (Phi) is 3.86. The lowest BCUT2D eigenvalue weighted by Gasteiger charge is -2.15. The highest BCUT2D eigenvalue weighted by Gasteiger charge is 2.15. The summed E-state index contributed by atoms with van der Waals surface area (Å²) in [7, 11) is 0. The summed E-state index contributed by atoms with van der Waals surface area (Å²) in [5, 5.41) is 9.23. The zero-order valence-electron chi connectivity index (χ0n) is 12.9. The molecule has 1 atom stereocenters. The number of rotatable bonds is 4. The predicted octanol–water partition coefficient (Wildman–Crippen LogP) is 2.86. The summed E-state index contributed by atoms with van der Waals surface area (Å²) in [5.41, 5.74) is 2.00. The first kappa shape index (κ1) is 14.1. The van der Waals surface area contributed by atoms with Crippen molar-refractivity contribution in [1.82, 2.24) is 20.3 Å². The van der Waals surface area contributed by atoms with E-state index >= 15 is 0 Å². The quantitative estimate of drug-likeness (QED) is 0.776. The average molecular weight is 305 g/mol. The zero-order valence-corrected chi connectivity index (χ0v) is 12.9. The Labute approximate surface area is 135 Å². The smallest absolute Gasteiger partial charge is 0.134 e. The van der Waals surface area contributed by atoms with E-state index in [4.69, 9.17) is 4.98 Å². The van der Waals surface area contributed by atoms with Gasteiger partial charge in [0, 0.05) is 53.7 Å². The molecule has 0 spiro atoms. The monoisotopic (exact) mass is 305 g/mol. The molecular formula is C18H19N5. The molecular weight excluding hydrogens is 286 g/mol. The van der Waals surface area contributed by atoms with Crippen molar-refractivity contribution in [3.63, 3.8) is 0 Å². The second-order valence-electron chi connectivity index (χ2n) is 5.86. The fourth-order valence-corrected chi connectivity index (χ4v) is 3.05. The number of nitrogens with one attached hydrogen (secondary N) is 2. The van der Waals surface area contributed by atoms with Crippen LogP contribution in [0.2, 0.25) is 0 Å². The van der Waals surface area contributed by atoms with Crippen LogP contribution in [0.25, 0.3) is 22.0 Å². The Hall–Kier alpha value is -2.53. The number of nitrogens with zero attached hydrogens (tertiary/aromatic N) is 3. The molecule has 3 aromatic rings. The van der Waals surface area contributed by atoms with Gasteiger partial charge >= 0.3 is 0 Å². The maximum absolute atomic E-state index is 4.84. The lowest BCUT2D eigenvalue weighted by molar-refractivity contribution is 0.633. The molecule has 0 radical (unpaired) electrons. The zero-order chi connectivity index (χ0) is 15.5. The van der Waals surface area contributed by atoms with E-state index in [1.165, 1.54) is 12.8 Å². The maximum atomic E-state index is 4.84. The summed E-state index contributed by atoms with van der Waals surface area (Å²) in [6.45, 7) is 2.01. The molecule has 2 N–H and O–H groups in total. The van der Waals surface area contributed by atoms with E-state index in [1.807, 2.05) is 30.6 Å². The number of hydrogen-bond acceptors (Lipinski definition) is 5. The summed E-state index contributed by atoms with van der Waals surface area (Å²) < 4.78 is 0. The van der Waals surface area contributed by atoms with E-state index < -0.39 is 0 Å². The Morgan fingerprint density at radius 3 is 2.83 bits per heavy atom. The van der Waals surface area contributed by atoms with E-state index in [2.05, 4.69) is 26.7 Å². The Morgan fingerprint density at radius 2 is 2.00 bits per heavy atom. The van der Waals surface area contributed by atoms with Crippen molar-refractivity contribution < 1.29 is 0 Å². The van der Waals surface area contributed by atoms with Crippen molar-refractivity contribution in [2.24, 2.45) is 0 Å². The van der Waals surface area contributed by atoms with Gasteiger partial charge in [-0.05, 0) is 43.7 Å². The van der Waals surface area contributed by atoms with E-state index in [0.29, 0.717) is 6.04 Å². The molecule has 4 heterocycles. The fraction of sp³-hybridized carbons (Fsp3) is 0.278. The highest BCUT2D eigenvalue weighted by molar-refractivity contribution is 5.93. The molecule has 0 saturated carbocycles. The first-order valence-corrected chi connectivity index (χ1v) is 8.02. The molecule has 1 unspecified atom stereocenters. The predicted molar refractivity (Wildman–Crippen MR) is 92.3 cm³/mol. The van der Waals surface area contributed by atoms with Gasteiger partial charge in [-0.1, -0.05) is 0 Å². The van der Waals surface area contributed by atoms with Crippen LogP contribution in [-0.4, -0.2) is 34.1 Å².